The van der Waals surface area contributed by atoms with Crippen molar-refractivity contribution in [1.29, 1.82) is 0 Å². The number of aryl methyl sites for hydroxylation is 1. The number of carbonyl (C=O) groups excluding carboxylic acids is 3. The minimum absolute atomic E-state index is 0.0452. The summed E-state index contributed by atoms with van der Waals surface area (Å²) >= 11 is 0. The van der Waals surface area contributed by atoms with Crippen molar-refractivity contribution in [2.24, 2.45) is 5.92 Å². The second kappa shape index (κ2) is 6.34. The van der Waals surface area contributed by atoms with Gasteiger partial charge < -0.3 is 14.4 Å². The predicted molar refractivity (Wildman–Crippen MR) is 85.8 cm³/mol. The molecule has 0 bridgehead atoms. The average molecular weight is 350 g/mol. The molecular formula is C17H19FN2O5. The van der Waals surface area contributed by atoms with E-state index in [2.05, 4.69) is 0 Å². The molecule has 2 aliphatic heterocycles. The number of benzene rings is 1. The van der Waals surface area contributed by atoms with E-state index in [0.29, 0.717) is 12.0 Å². The number of methoxy groups -OCH3 is 2. The van der Waals surface area contributed by atoms with E-state index in [1.807, 2.05) is 0 Å². The second-order valence-corrected chi connectivity index (χ2v) is 6.18. The lowest BCUT2D eigenvalue weighted by molar-refractivity contribution is -0.147. The van der Waals surface area contributed by atoms with Crippen LogP contribution in [-0.2, 0) is 14.3 Å². The number of esters is 1. The molecule has 0 aliphatic carbocycles. The number of fused-ring (bicyclic) bond motifs is 1. The lowest BCUT2D eigenvalue weighted by atomic mass is 9.91. The molecule has 0 saturated carbocycles. The molecule has 2 saturated heterocycles. The van der Waals surface area contributed by atoms with Crippen molar-refractivity contribution in [1.82, 2.24) is 4.90 Å². The molecule has 0 aromatic heterocycles. The van der Waals surface area contributed by atoms with Gasteiger partial charge in [0.05, 0.1) is 25.8 Å². The number of hydrogen-bond donors (Lipinski definition) is 0. The van der Waals surface area contributed by atoms with Crippen LogP contribution in [0.5, 0.6) is 5.75 Å². The maximum atomic E-state index is 14.1. The van der Waals surface area contributed by atoms with Crippen molar-refractivity contribution in [3.8, 4) is 5.75 Å². The molecule has 0 radical (unpaired) electrons. The van der Waals surface area contributed by atoms with Gasteiger partial charge in [0.2, 0.25) is 0 Å². The first-order valence-electron chi connectivity index (χ1n) is 7.95. The number of carbonyl (C=O) groups is 3. The zero-order chi connectivity index (χ0) is 18.3. The quantitative estimate of drug-likeness (QED) is 0.614. The summed E-state index contributed by atoms with van der Waals surface area (Å²) in [6, 6.07) is 1.35. The number of hydrogen-bond acceptors (Lipinski definition) is 5. The minimum atomic E-state index is -0.727. The molecule has 2 heterocycles. The fraction of sp³-hybridized carbons (Fsp3) is 0.471. The fourth-order valence-electron chi connectivity index (χ4n) is 3.44. The first-order valence-corrected chi connectivity index (χ1v) is 7.95. The summed E-state index contributed by atoms with van der Waals surface area (Å²) in [6.45, 7) is 1.95. The molecule has 7 nitrogen and oxygen atoms in total. The molecule has 1 aromatic carbocycles. The van der Waals surface area contributed by atoms with Crippen molar-refractivity contribution in [2.45, 2.75) is 25.8 Å². The first-order chi connectivity index (χ1) is 11.9. The topological polar surface area (TPSA) is 76.2 Å². The van der Waals surface area contributed by atoms with Crippen molar-refractivity contribution < 1.29 is 28.2 Å². The molecule has 25 heavy (non-hydrogen) atoms. The third-order valence-electron chi connectivity index (χ3n) is 4.79. The van der Waals surface area contributed by atoms with Crippen LogP contribution >= 0.6 is 0 Å². The Labute approximate surface area is 144 Å². The Kier molecular flexibility index (Phi) is 4.36. The smallest absolute Gasteiger partial charge is 0.332 e. The fourth-order valence-corrected chi connectivity index (χ4v) is 3.44. The molecule has 134 valence electrons. The lowest BCUT2D eigenvalue weighted by Crippen LogP contribution is -2.44. The van der Waals surface area contributed by atoms with E-state index in [9.17, 15) is 18.8 Å². The molecule has 8 heteroatoms. The summed E-state index contributed by atoms with van der Waals surface area (Å²) in [5.41, 5.74) is 0.738. The number of halogens is 1. The van der Waals surface area contributed by atoms with Crippen LogP contribution in [0.1, 0.15) is 18.4 Å². The van der Waals surface area contributed by atoms with Gasteiger partial charge in [-0.2, -0.15) is 0 Å². The summed E-state index contributed by atoms with van der Waals surface area (Å²) < 4.78 is 23.7. The molecular weight excluding hydrogens is 331 g/mol. The number of amides is 3. The summed E-state index contributed by atoms with van der Waals surface area (Å²) in [6.07, 6.45) is 0.650. The zero-order valence-corrected chi connectivity index (χ0v) is 14.2. The number of anilines is 1. The van der Waals surface area contributed by atoms with Gasteiger partial charge in [-0.15, -0.1) is 0 Å². The molecule has 2 aliphatic rings. The van der Waals surface area contributed by atoms with Gasteiger partial charge in [-0.1, -0.05) is 0 Å². The second-order valence-electron chi connectivity index (χ2n) is 6.18. The Bertz CT molecular complexity index is 751. The van der Waals surface area contributed by atoms with Gasteiger partial charge in [-0.05, 0) is 31.4 Å². The van der Waals surface area contributed by atoms with Crippen LogP contribution in [0.4, 0.5) is 14.9 Å². The normalized spacial score (nSPS) is 22.9. The zero-order valence-electron chi connectivity index (χ0n) is 14.2. The molecule has 3 rings (SSSR count). The number of nitrogens with zero attached hydrogens (tertiary/aromatic N) is 2. The summed E-state index contributed by atoms with van der Waals surface area (Å²) in [4.78, 5) is 39.6. The molecule has 3 amide bonds. The van der Waals surface area contributed by atoms with Crippen molar-refractivity contribution in [2.75, 3.05) is 25.7 Å². The van der Waals surface area contributed by atoms with Gasteiger partial charge in [0, 0.05) is 12.6 Å². The molecule has 2 unspecified atom stereocenters. The van der Waals surface area contributed by atoms with Gasteiger partial charge >= 0.3 is 12.0 Å². The monoisotopic (exact) mass is 350 g/mol. The maximum Gasteiger partial charge on any atom is 0.332 e. The maximum absolute atomic E-state index is 14.1. The van der Waals surface area contributed by atoms with Crippen LogP contribution in [0.2, 0.25) is 0 Å². The van der Waals surface area contributed by atoms with Crippen molar-refractivity contribution >= 4 is 23.6 Å². The first kappa shape index (κ1) is 17.2. The Balaban J connectivity index is 1.93. The van der Waals surface area contributed by atoms with Gasteiger partial charge in [0.15, 0.2) is 11.6 Å². The van der Waals surface area contributed by atoms with E-state index in [0.717, 1.165) is 11.0 Å². The number of piperidine rings is 1. The summed E-state index contributed by atoms with van der Waals surface area (Å²) in [5.74, 6) is -1.86. The summed E-state index contributed by atoms with van der Waals surface area (Å²) in [7, 11) is 2.64. The van der Waals surface area contributed by atoms with E-state index >= 15 is 0 Å². The van der Waals surface area contributed by atoms with Crippen LogP contribution in [-0.4, -0.2) is 49.6 Å². The SMILES string of the molecule is COC(=O)C1CCN2C(=O)N(c3cc(F)c(OC)cc3C)C(=O)C2C1. The highest BCUT2D eigenvalue weighted by atomic mass is 19.1. The highest BCUT2D eigenvalue weighted by Crippen LogP contribution is 2.36. The number of imide groups is 1. The van der Waals surface area contributed by atoms with Crippen LogP contribution in [0, 0.1) is 18.7 Å². The molecule has 0 N–H and O–H groups in total. The lowest BCUT2D eigenvalue weighted by Gasteiger charge is -2.30. The van der Waals surface area contributed by atoms with Gasteiger partial charge in [0.25, 0.3) is 5.91 Å². The van der Waals surface area contributed by atoms with E-state index < -0.39 is 29.7 Å². The van der Waals surface area contributed by atoms with Gasteiger partial charge in [-0.3, -0.25) is 9.59 Å². The molecule has 2 fully saturated rings. The molecule has 2 atom stereocenters. The Morgan fingerprint density at radius 1 is 1.28 bits per heavy atom. The van der Waals surface area contributed by atoms with E-state index in [-0.39, 0.29) is 30.4 Å². The number of rotatable bonds is 3. The van der Waals surface area contributed by atoms with E-state index in [4.69, 9.17) is 9.47 Å². The minimum Gasteiger partial charge on any atom is -0.494 e. The Morgan fingerprint density at radius 2 is 2.00 bits per heavy atom. The van der Waals surface area contributed by atoms with Crippen LogP contribution < -0.4 is 9.64 Å². The highest BCUT2D eigenvalue weighted by molar-refractivity contribution is 6.21. The van der Waals surface area contributed by atoms with Crippen molar-refractivity contribution in [3.05, 3.63) is 23.5 Å². The van der Waals surface area contributed by atoms with E-state index in [1.54, 1.807) is 6.92 Å². The Morgan fingerprint density at radius 3 is 2.64 bits per heavy atom. The van der Waals surface area contributed by atoms with Crippen LogP contribution in [0.3, 0.4) is 0 Å². The summed E-state index contributed by atoms with van der Waals surface area (Å²) in [5, 5.41) is 0. The number of urea groups is 1. The average Bonchev–Trinajstić information content (AvgIpc) is 2.86. The third kappa shape index (κ3) is 2.71. The van der Waals surface area contributed by atoms with E-state index in [1.165, 1.54) is 25.2 Å². The van der Waals surface area contributed by atoms with Crippen LogP contribution in [0.15, 0.2) is 12.1 Å². The number of ether oxygens (including phenoxy) is 2. The highest BCUT2D eigenvalue weighted by Gasteiger charge is 2.50. The standard InChI is InChI=1S/C17H19FN2O5/c1-9-6-14(24-2)11(18)8-12(9)20-15(21)13-7-10(16(22)25-3)4-5-19(13)17(20)23/h6,8,10,13H,4-5,7H2,1-3H3. The predicted octanol–water partition coefficient (Wildman–Crippen LogP) is 1.86. The largest absolute Gasteiger partial charge is 0.494 e. The molecule has 0 spiro atoms. The molecule has 1 aromatic rings. The van der Waals surface area contributed by atoms with Crippen molar-refractivity contribution in [3.63, 3.8) is 0 Å². The van der Waals surface area contributed by atoms with Gasteiger partial charge in [0.1, 0.15) is 6.04 Å². The van der Waals surface area contributed by atoms with Gasteiger partial charge in [-0.25, -0.2) is 14.1 Å². The van der Waals surface area contributed by atoms with Crippen LogP contribution in [0.25, 0.3) is 0 Å². The Hall–Kier alpha value is -2.64. The third-order valence-corrected chi connectivity index (χ3v) is 4.79.